The maximum absolute atomic E-state index is 12.7. The summed E-state index contributed by atoms with van der Waals surface area (Å²) in [4.78, 5) is 27.1. The fraction of sp³-hybridized carbons (Fsp3) is 0.412. The second-order valence-corrected chi connectivity index (χ2v) is 6.15. The molecule has 0 bridgehead atoms. The van der Waals surface area contributed by atoms with Crippen molar-refractivity contribution in [1.29, 1.82) is 0 Å². The Morgan fingerprint density at radius 3 is 2.62 bits per heavy atom. The van der Waals surface area contributed by atoms with Gasteiger partial charge in [-0.15, -0.1) is 0 Å². The fourth-order valence-corrected chi connectivity index (χ4v) is 2.97. The highest BCUT2D eigenvalue weighted by Gasteiger charge is 2.25. The molecule has 0 spiro atoms. The highest BCUT2D eigenvalue weighted by Crippen LogP contribution is 2.28. The van der Waals surface area contributed by atoms with E-state index in [1.54, 1.807) is 11.0 Å². The van der Waals surface area contributed by atoms with Crippen LogP contribution < -0.4 is 4.74 Å². The molecular weight excluding hydrogens is 340 g/mol. The number of amides is 1. The Hall–Kier alpha value is -2.94. The zero-order valence-corrected chi connectivity index (χ0v) is 14.7. The molecule has 0 saturated carbocycles. The predicted octanol–water partition coefficient (Wildman–Crippen LogP) is 1.86. The maximum Gasteiger partial charge on any atom is 0.311 e. The van der Waals surface area contributed by atoms with E-state index in [0.717, 1.165) is 11.5 Å². The molecule has 0 atom stereocenters. The molecule has 1 amide bonds. The van der Waals surface area contributed by atoms with Crippen molar-refractivity contribution in [2.45, 2.75) is 13.5 Å². The molecule has 1 fully saturated rings. The average Bonchev–Trinajstić information content (AvgIpc) is 3.06. The zero-order chi connectivity index (χ0) is 18.7. The summed E-state index contributed by atoms with van der Waals surface area (Å²) < 4.78 is 10.2. The summed E-state index contributed by atoms with van der Waals surface area (Å²) in [5, 5.41) is 15.0. The van der Waals surface area contributed by atoms with Crippen molar-refractivity contribution in [3.05, 3.63) is 51.4 Å². The topological polar surface area (TPSA) is 102 Å². The van der Waals surface area contributed by atoms with E-state index in [4.69, 9.17) is 9.26 Å². The highest BCUT2D eigenvalue weighted by molar-refractivity contribution is 5.95. The van der Waals surface area contributed by atoms with Crippen molar-refractivity contribution in [3.63, 3.8) is 0 Å². The second-order valence-electron chi connectivity index (χ2n) is 6.15. The first kappa shape index (κ1) is 17.9. The van der Waals surface area contributed by atoms with E-state index in [2.05, 4.69) is 10.1 Å². The van der Waals surface area contributed by atoms with Gasteiger partial charge in [0.25, 0.3) is 5.91 Å². The van der Waals surface area contributed by atoms with Crippen molar-refractivity contribution < 1.29 is 19.0 Å². The molecule has 1 aliphatic rings. The Balaban J connectivity index is 1.63. The number of benzene rings is 1. The van der Waals surface area contributed by atoms with Gasteiger partial charge in [0.15, 0.2) is 11.5 Å². The summed E-state index contributed by atoms with van der Waals surface area (Å²) in [5.74, 6) is 0.720. The Morgan fingerprint density at radius 1 is 1.31 bits per heavy atom. The molecule has 9 nitrogen and oxygen atoms in total. The monoisotopic (exact) mass is 360 g/mol. The first-order chi connectivity index (χ1) is 12.5. The van der Waals surface area contributed by atoms with Crippen LogP contribution in [0.2, 0.25) is 0 Å². The molecule has 1 aliphatic heterocycles. The lowest BCUT2D eigenvalue weighted by Crippen LogP contribution is -2.48. The molecule has 2 aromatic rings. The molecular formula is C17H20N4O5. The Morgan fingerprint density at radius 2 is 2.04 bits per heavy atom. The van der Waals surface area contributed by atoms with Crippen LogP contribution in [0.4, 0.5) is 5.69 Å². The molecule has 0 radical (unpaired) electrons. The van der Waals surface area contributed by atoms with Crippen molar-refractivity contribution in [3.8, 4) is 5.75 Å². The summed E-state index contributed by atoms with van der Waals surface area (Å²) >= 11 is 0. The van der Waals surface area contributed by atoms with Crippen molar-refractivity contribution in [2.24, 2.45) is 0 Å². The summed E-state index contributed by atoms with van der Waals surface area (Å²) in [6, 6.07) is 6.17. The fourth-order valence-electron chi connectivity index (χ4n) is 2.97. The Labute approximate surface area is 150 Å². The van der Waals surface area contributed by atoms with Crippen LogP contribution in [-0.2, 0) is 6.54 Å². The third kappa shape index (κ3) is 3.83. The lowest BCUT2D eigenvalue weighted by Gasteiger charge is -2.34. The van der Waals surface area contributed by atoms with Gasteiger partial charge in [0, 0.05) is 43.9 Å². The van der Waals surface area contributed by atoms with Crippen LogP contribution in [0, 0.1) is 17.0 Å². The zero-order valence-electron chi connectivity index (χ0n) is 14.7. The van der Waals surface area contributed by atoms with Crippen molar-refractivity contribution in [1.82, 2.24) is 15.0 Å². The molecule has 1 saturated heterocycles. The standard InChI is InChI=1S/C17H20N4O5/c1-12-9-14(26-18-12)11-19-5-7-20(8-6-19)17(22)13-3-4-16(25-2)15(10-13)21(23)24/h3-4,9-10H,5-8,11H2,1-2H3. The Kier molecular flexibility index (Phi) is 5.17. The van der Waals surface area contributed by atoms with Gasteiger partial charge in [-0.25, -0.2) is 0 Å². The number of ether oxygens (including phenoxy) is 1. The highest BCUT2D eigenvalue weighted by atomic mass is 16.6. The van der Waals surface area contributed by atoms with Crippen molar-refractivity contribution >= 4 is 11.6 Å². The number of carbonyl (C=O) groups excluding carboxylic acids is 1. The minimum Gasteiger partial charge on any atom is -0.490 e. The number of nitrogens with zero attached hydrogens (tertiary/aromatic N) is 4. The summed E-state index contributed by atoms with van der Waals surface area (Å²) in [6.45, 7) is 5.01. The van der Waals surface area contributed by atoms with Crippen LogP contribution in [0.25, 0.3) is 0 Å². The van der Waals surface area contributed by atoms with Gasteiger partial charge in [-0.3, -0.25) is 19.8 Å². The molecule has 138 valence electrons. The van der Waals surface area contributed by atoms with Gasteiger partial charge in [-0.1, -0.05) is 5.16 Å². The largest absolute Gasteiger partial charge is 0.490 e. The van der Waals surface area contributed by atoms with Gasteiger partial charge in [-0.2, -0.15) is 0 Å². The average molecular weight is 360 g/mol. The predicted molar refractivity (Wildman–Crippen MR) is 92.1 cm³/mol. The molecule has 0 N–H and O–H groups in total. The van der Waals surface area contributed by atoms with Gasteiger partial charge in [0.2, 0.25) is 0 Å². The lowest BCUT2D eigenvalue weighted by molar-refractivity contribution is -0.385. The van der Waals surface area contributed by atoms with Crippen LogP contribution in [0.3, 0.4) is 0 Å². The first-order valence-corrected chi connectivity index (χ1v) is 8.24. The number of nitro benzene ring substituents is 1. The summed E-state index contributed by atoms with van der Waals surface area (Å²) in [5.41, 5.74) is 0.921. The summed E-state index contributed by atoms with van der Waals surface area (Å²) in [7, 11) is 1.36. The minimum atomic E-state index is -0.549. The van der Waals surface area contributed by atoms with E-state index in [9.17, 15) is 14.9 Å². The first-order valence-electron chi connectivity index (χ1n) is 8.24. The van der Waals surface area contributed by atoms with E-state index in [-0.39, 0.29) is 22.9 Å². The van der Waals surface area contributed by atoms with Crippen LogP contribution in [0.1, 0.15) is 21.8 Å². The molecule has 1 aromatic heterocycles. The normalized spacial score (nSPS) is 15.1. The second kappa shape index (κ2) is 7.52. The molecule has 1 aromatic carbocycles. The molecule has 3 rings (SSSR count). The molecule has 0 aliphatic carbocycles. The number of methoxy groups -OCH3 is 1. The molecule has 0 unspecified atom stereocenters. The van der Waals surface area contributed by atoms with E-state index in [1.165, 1.54) is 19.2 Å². The van der Waals surface area contributed by atoms with E-state index >= 15 is 0 Å². The third-order valence-electron chi connectivity index (χ3n) is 4.34. The number of piperazine rings is 1. The van der Waals surface area contributed by atoms with Gasteiger partial charge in [0.05, 0.1) is 24.3 Å². The number of hydrogen-bond acceptors (Lipinski definition) is 7. The van der Waals surface area contributed by atoms with Gasteiger partial charge >= 0.3 is 5.69 Å². The maximum atomic E-state index is 12.7. The van der Waals surface area contributed by atoms with Crippen LogP contribution in [0.5, 0.6) is 5.75 Å². The van der Waals surface area contributed by atoms with E-state index < -0.39 is 4.92 Å². The van der Waals surface area contributed by atoms with Crippen LogP contribution in [0.15, 0.2) is 28.8 Å². The van der Waals surface area contributed by atoms with Crippen LogP contribution >= 0.6 is 0 Å². The number of aromatic nitrogens is 1. The summed E-state index contributed by atoms with van der Waals surface area (Å²) in [6.07, 6.45) is 0. The minimum absolute atomic E-state index is 0.138. The Bertz CT molecular complexity index is 811. The van der Waals surface area contributed by atoms with Gasteiger partial charge < -0.3 is 14.2 Å². The molecule has 9 heteroatoms. The number of nitro groups is 1. The van der Waals surface area contributed by atoms with E-state index in [1.807, 2.05) is 13.0 Å². The number of hydrogen-bond donors (Lipinski definition) is 0. The van der Waals surface area contributed by atoms with Crippen molar-refractivity contribution in [2.75, 3.05) is 33.3 Å². The van der Waals surface area contributed by atoms with Gasteiger partial charge in [0.1, 0.15) is 0 Å². The number of rotatable bonds is 5. The third-order valence-corrected chi connectivity index (χ3v) is 4.34. The smallest absolute Gasteiger partial charge is 0.311 e. The van der Waals surface area contributed by atoms with Gasteiger partial charge in [-0.05, 0) is 19.1 Å². The van der Waals surface area contributed by atoms with Crippen LogP contribution in [-0.4, -0.2) is 59.1 Å². The number of aryl methyl sites for hydroxylation is 1. The lowest BCUT2D eigenvalue weighted by atomic mass is 10.1. The molecule has 26 heavy (non-hydrogen) atoms. The quantitative estimate of drug-likeness (QED) is 0.592. The van der Waals surface area contributed by atoms with E-state index in [0.29, 0.717) is 32.7 Å². The number of carbonyl (C=O) groups is 1. The molecule has 2 heterocycles. The SMILES string of the molecule is COc1ccc(C(=O)N2CCN(Cc3cc(C)no3)CC2)cc1[N+](=O)[O-].